The third kappa shape index (κ3) is 17.1. The molecule has 9 atom stereocenters. The number of hydrogen-bond donors (Lipinski definition) is 1. The maximum Gasteiger partial charge on any atom is 0.0936 e. The average Bonchev–Trinajstić information content (AvgIpc) is 3.65. The molecule has 1 saturated heterocycles. The Kier molecular flexibility index (Phi) is 25.2. The van der Waals surface area contributed by atoms with Gasteiger partial charge in [-0.1, -0.05) is 148 Å². The molecule has 1 heterocycles. The van der Waals surface area contributed by atoms with Crippen molar-refractivity contribution in [2.24, 2.45) is 52.1 Å². The Bertz CT molecular complexity index is 1360. The van der Waals surface area contributed by atoms with Gasteiger partial charge in [0.1, 0.15) is 0 Å². The minimum Gasteiger partial charge on any atom is -0.379 e. The maximum absolute atomic E-state index is 7.79. The van der Waals surface area contributed by atoms with Crippen LogP contribution in [-0.2, 0) is 18.9 Å². The highest BCUT2D eigenvalue weighted by Crippen LogP contribution is 2.68. The van der Waals surface area contributed by atoms with E-state index in [4.69, 9.17) is 24.7 Å². The third-order valence-corrected chi connectivity index (χ3v) is 18.1. The van der Waals surface area contributed by atoms with Gasteiger partial charge in [-0.25, -0.2) is 0 Å². The minimum atomic E-state index is -0.0294. The number of unbranched alkanes of at least 4 members (excludes halogenated alkanes) is 11. The summed E-state index contributed by atoms with van der Waals surface area (Å²) in [6.45, 7) is 23.0. The number of fused-ring (bicyclic) bond motifs is 5. The number of nitrogens with two attached hydrogens (primary N) is 1. The monoisotopic (exact) mass is 907 g/mol. The molecule has 0 amide bonds. The molecule has 2 N–H and O–H groups in total. The molecular formula is C59H106N2O4. The summed E-state index contributed by atoms with van der Waals surface area (Å²) >= 11 is 0. The number of morpholine rings is 1. The first-order chi connectivity index (χ1) is 31.6. The van der Waals surface area contributed by atoms with E-state index < -0.39 is 0 Å². The highest BCUT2D eigenvalue weighted by Gasteiger charge is 2.64. The molecule has 6 heteroatoms. The van der Waals surface area contributed by atoms with Gasteiger partial charge in [0.2, 0.25) is 0 Å². The van der Waals surface area contributed by atoms with E-state index in [0.717, 1.165) is 94.9 Å². The zero-order chi connectivity index (χ0) is 46.2. The van der Waals surface area contributed by atoms with Crippen molar-refractivity contribution in [3.63, 3.8) is 0 Å². The van der Waals surface area contributed by atoms with E-state index in [1.54, 1.807) is 5.57 Å². The molecule has 65 heavy (non-hydrogen) atoms. The highest BCUT2D eigenvalue weighted by atomic mass is 16.6. The van der Waals surface area contributed by atoms with Crippen molar-refractivity contribution in [1.29, 1.82) is 0 Å². The van der Waals surface area contributed by atoms with E-state index in [1.807, 2.05) is 0 Å². The minimum absolute atomic E-state index is 0.0294. The number of hydrogen-bond acceptors (Lipinski definition) is 6. The van der Waals surface area contributed by atoms with Crippen LogP contribution < -0.4 is 5.73 Å². The Morgan fingerprint density at radius 2 is 1.45 bits per heavy atom. The molecule has 0 aromatic heterocycles. The van der Waals surface area contributed by atoms with Crippen LogP contribution in [0.3, 0.4) is 0 Å². The van der Waals surface area contributed by atoms with Crippen LogP contribution in [-0.4, -0.2) is 82.4 Å². The van der Waals surface area contributed by atoms with Crippen LogP contribution in [0, 0.1) is 46.3 Å². The maximum atomic E-state index is 7.79. The first-order valence-electron chi connectivity index (χ1n) is 28.5. The molecule has 1 aliphatic heterocycles. The molecule has 3 saturated carbocycles. The van der Waals surface area contributed by atoms with Crippen LogP contribution >= 0.6 is 0 Å². The highest BCUT2D eigenvalue weighted by molar-refractivity contribution is 5.32. The molecule has 0 aromatic rings. The molecule has 6 nitrogen and oxygen atoms in total. The predicted molar refractivity (Wildman–Crippen MR) is 276 cm³/mol. The second-order valence-corrected chi connectivity index (χ2v) is 23.2. The van der Waals surface area contributed by atoms with Crippen LogP contribution in [0.25, 0.3) is 0 Å². The van der Waals surface area contributed by atoms with Gasteiger partial charge in [-0.05, 0) is 144 Å². The lowest BCUT2D eigenvalue weighted by atomic mass is 9.43. The van der Waals surface area contributed by atoms with Crippen molar-refractivity contribution in [3.8, 4) is 0 Å². The topological polar surface area (TPSA) is 66.2 Å². The van der Waals surface area contributed by atoms with Gasteiger partial charge in [0.15, 0.2) is 0 Å². The molecule has 5 rings (SSSR count). The summed E-state index contributed by atoms with van der Waals surface area (Å²) in [5.41, 5.74) is 10.1. The summed E-state index contributed by atoms with van der Waals surface area (Å²) < 4.78 is 24.4. The van der Waals surface area contributed by atoms with E-state index in [2.05, 4.69) is 76.8 Å². The molecule has 0 aromatic carbocycles. The number of rotatable bonds is 34. The fourth-order valence-corrected chi connectivity index (χ4v) is 13.9. The van der Waals surface area contributed by atoms with E-state index in [9.17, 15) is 0 Å². The normalized spacial score (nSPS) is 30.5. The van der Waals surface area contributed by atoms with Gasteiger partial charge in [0.05, 0.1) is 39.1 Å². The molecule has 4 aliphatic carbocycles. The Labute approximate surface area is 402 Å². The quantitative estimate of drug-likeness (QED) is 0.0513. The van der Waals surface area contributed by atoms with Gasteiger partial charge < -0.3 is 24.7 Å². The first kappa shape index (κ1) is 54.9. The van der Waals surface area contributed by atoms with Crippen molar-refractivity contribution < 1.29 is 18.9 Å². The summed E-state index contributed by atoms with van der Waals surface area (Å²) in [5.74, 6) is 4.78. The zero-order valence-electron chi connectivity index (χ0n) is 43.7. The molecule has 1 unspecified atom stereocenters. The summed E-state index contributed by atoms with van der Waals surface area (Å²) in [7, 11) is 0. The number of ether oxygens (including phenoxy) is 4. The lowest BCUT2D eigenvalue weighted by molar-refractivity contribution is -0.0716. The van der Waals surface area contributed by atoms with E-state index in [0.29, 0.717) is 31.2 Å². The van der Waals surface area contributed by atoms with Crippen molar-refractivity contribution in [2.75, 3.05) is 65.9 Å². The fraction of sp³-hybridized carbons (Fsp3) is 0.898. The molecule has 5 aliphatic rings. The van der Waals surface area contributed by atoms with E-state index in [-0.39, 0.29) is 17.1 Å². The van der Waals surface area contributed by atoms with Crippen LogP contribution in [0.4, 0.5) is 0 Å². The fourth-order valence-electron chi connectivity index (χ4n) is 13.9. The molecule has 0 bridgehead atoms. The molecular weight excluding hydrogens is 801 g/mol. The van der Waals surface area contributed by atoms with Gasteiger partial charge in [-0.2, -0.15) is 0 Å². The Balaban J connectivity index is 0.909. The standard InChI is InChI=1S/C59H106N2O4/c1-7-8-9-10-11-12-13-14-15-16-17-18-19-20-21-22-23-24-40-64-48-53(47-61-38-42-63-43-39-61)65-45-44-62-41-26-29-51-34-35-58(6)52(46-51)30-31-56-55-33-32-54(50(4)28-25-27-49(2)3)57(55,5)36-37-59(56,58)60/h11-12,14-15,30,49-51,53-56H,7-10,13,16-29,31-48,60H2,1-6H3/b12-11-,15-14-/t50-,51+,53?,54-,55+,56+,57-,58+,59-/m1/s1. The van der Waals surface area contributed by atoms with E-state index >= 15 is 0 Å². The van der Waals surface area contributed by atoms with Crippen LogP contribution in [0.2, 0.25) is 0 Å². The molecule has 0 spiro atoms. The smallest absolute Gasteiger partial charge is 0.0936 e. The summed E-state index contributed by atoms with van der Waals surface area (Å²) in [6.07, 6.45) is 47.4. The molecule has 0 radical (unpaired) electrons. The summed E-state index contributed by atoms with van der Waals surface area (Å²) in [5, 5.41) is 0. The Hall–Kier alpha value is -1.02. The van der Waals surface area contributed by atoms with Gasteiger partial charge in [0.25, 0.3) is 0 Å². The summed E-state index contributed by atoms with van der Waals surface area (Å²) in [4.78, 5) is 2.47. The largest absolute Gasteiger partial charge is 0.379 e. The Morgan fingerprint density at radius 1 is 0.738 bits per heavy atom. The van der Waals surface area contributed by atoms with Gasteiger partial charge in [-0.3, -0.25) is 4.90 Å². The number of nitrogens with zero attached hydrogens (tertiary/aromatic N) is 1. The second-order valence-electron chi connectivity index (χ2n) is 23.2. The third-order valence-electron chi connectivity index (χ3n) is 18.1. The van der Waals surface area contributed by atoms with Gasteiger partial charge >= 0.3 is 0 Å². The van der Waals surface area contributed by atoms with Gasteiger partial charge in [0, 0.05) is 43.8 Å². The van der Waals surface area contributed by atoms with Crippen molar-refractivity contribution in [2.45, 2.75) is 227 Å². The van der Waals surface area contributed by atoms with Crippen molar-refractivity contribution in [1.82, 2.24) is 4.90 Å². The molecule has 376 valence electrons. The predicted octanol–water partition coefficient (Wildman–Crippen LogP) is 14.8. The average molecular weight is 908 g/mol. The zero-order valence-corrected chi connectivity index (χ0v) is 43.7. The van der Waals surface area contributed by atoms with Crippen molar-refractivity contribution in [3.05, 3.63) is 36.0 Å². The lowest BCUT2D eigenvalue weighted by Gasteiger charge is -2.64. The summed E-state index contributed by atoms with van der Waals surface area (Å²) in [6, 6.07) is 0. The van der Waals surface area contributed by atoms with Crippen molar-refractivity contribution >= 4 is 0 Å². The lowest BCUT2D eigenvalue weighted by Crippen LogP contribution is -2.67. The first-order valence-corrected chi connectivity index (χ1v) is 28.5. The SMILES string of the molecule is CCCCC/C=C\C/C=C\CCCCCCCCCCOCC(CN1CCOCC1)OCCOCCC[C@H]1CC[C@@]2(C)C(=CC[C@H]3[C@@H]4CC[C@H]([C@H](C)CCCC(C)C)[C@@]4(C)CC[C@@]32N)C1. The number of allylic oxidation sites excluding steroid dienone is 5. The molecule has 4 fully saturated rings. The van der Waals surface area contributed by atoms with Gasteiger partial charge in [-0.15, -0.1) is 0 Å². The van der Waals surface area contributed by atoms with Crippen LogP contribution in [0.5, 0.6) is 0 Å². The Morgan fingerprint density at radius 3 is 2.18 bits per heavy atom. The second kappa shape index (κ2) is 29.9. The van der Waals surface area contributed by atoms with Crippen LogP contribution in [0.15, 0.2) is 36.0 Å². The van der Waals surface area contributed by atoms with E-state index in [1.165, 1.54) is 154 Å². The van der Waals surface area contributed by atoms with Crippen LogP contribution in [0.1, 0.15) is 215 Å².